The number of carbonyl (C=O) groups excluding carboxylic acids is 1. The number of ketones is 1. The molecule has 3 unspecified atom stereocenters. The number of fused-ring (bicyclic) bond motifs is 5. The molecular formula is C24H37N3O2. The van der Waals surface area contributed by atoms with Gasteiger partial charge in [0.25, 0.3) is 0 Å². The van der Waals surface area contributed by atoms with Gasteiger partial charge in [0.15, 0.2) is 5.78 Å². The number of aliphatic hydroxyl groups is 1. The van der Waals surface area contributed by atoms with Gasteiger partial charge in [0.1, 0.15) is 6.54 Å². The predicted octanol–water partition coefficient (Wildman–Crippen LogP) is 4.26. The van der Waals surface area contributed by atoms with Crippen molar-refractivity contribution < 1.29 is 9.90 Å². The molecule has 8 atom stereocenters. The van der Waals surface area contributed by atoms with Gasteiger partial charge in [0, 0.05) is 12.1 Å². The van der Waals surface area contributed by atoms with Gasteiger partial charge in [-0.05, 0) is 99.2 Å². The summed E-state index contributed by atoms with van der Waals surface area (Å²) in [6.45, 7) is 4.95. The summed E-state index contributed by atoms with van der Waals surface area (Å²) in [5.74, 6) is 4.42. The smallest absolute Gasteiger partial charge is 0.157 e. The Morgan fingerprint density at radius 1 is 1.10 bits per heavy atom. The van der Waals surface area contributed by atoms with Crippen LogP contribution in [0.1, 0.15) is 78.1 Å². The van der Waals surface area contributed by atoms with Gasteiger partial charge >= 0.3 is 0 Å². The summed E-state index contributed by atoms with van der Waals surface area (Å²) in [5, 5.41) is 18.7. The van der Waals surface area contributed by atoms with Crippen LogP contribution in [0, 0.1) is 40.9 Å². The summed E-state index contributed by atoms with van der Waals surface area (Å²) >= 11 is 0. The third kappa shape index (κ3) is 3.19. The Kier molecular flexibility index (Phi) is 4.88. The van der Waals surface area contributed by atoms with Crippen LogP contribution < -0.4 is 0 Å². The van der Waals surface area contributed by atoms with Crippen molar-refractivity contribution in [2.75, 3.05) is 0 Å². The van der Waals surface area contributed by atoms with Crippen molar-refractivity contribution >= 4 is 5.78 Å². The molecule has 1 N–H and O–H groups in total. The van der Waals surface area contributed by atoms with Gasteiger partial charge in [-0.15, -0.1) is 5.10 Å². The summed E-state index contributed by atoms with van der Waals surface area (Å²) in [5.41, 5.74) is -0.228. The van der Waals surface area contributed by atoms with E-state index in [0.29, 0.717) is 18.2 Å². The van der Waals surface area contributed by atoms with Gasteiger partial charge in [0.05, 0.1) is 11.8 Å². The largest absolute Gasteiger partial charge is 0.390 e. The topological polar surface area (TPSA) is 68.0 Å². The van der Waals surface area contributed by atoms with Crippen LogP contribution in [0.25, 0.3) is 0 Å². The molecule has 0 bridgehead atoms. The molecule has 1 aromatic rings. The van der Waals surface area contributed by atoms with Crippen molar-refractivity contribution in [3.63, 3.8) is 0 Å². The zero-order valence-electron chi connectivity index (χ0n) is 18.1. The lowest BCUT2D eigenvalue weighted by Crippen LogP contribution is -2.51. The van der Waals surface area contributed by atoms with Gasteiger partial charge in [-0.1, -0.05) is 19.1 Å². The maximum Gasteiger partial charge on any atom is 0.157 e. The molecular weight excluding hydrogens is 362 g/mol. The summed E-state index contributed by atoms with van der Waals surface area (Å²) < 4.78 is 1.69. The van der Waals surface area contributed by atoms with Crippen molar-refractivity contribution in [3.8, 4) is 0 Å². The fraction of sp³-hybridized carbons (Fsp3) is 0.875. The Labute approximate surface area is 174 Å². The number of nitrogens with zero attached hydrogens (tertiary/aromatic N) is 3. The van der Waals surface area contributed by atoms with Crippen LogP contribution in [-0.4, -0.2) is 31.5 Å². The lowest BCUT2D eigenvalue weighted by molar-refractivity contribution is -0.133. The normalized spacial score (nSPS) is 46.6. The zero-order valence-corrected chi connectivity index (χ0v) is 18.1. The van der Waals surface area contributed by atoms with E-state index in [1.807, 2.05) is 0 Å². The first kappa shape index (κ1) is 19.7. The average Bonchev–Trinajstić information content (AvgIpc) is 3.34. The second kappa shape index (κ2) is 7.18. The Morgan fingerprint density at radius 2 is 1.93 bits per heavy atom. The molecule has 29 heavy (non-hydrogen) atoms. The van der Waals surface area contributed by atoms with Crippen LogP contribution in [0.2, 0.25) is 0 Å². The highest BCUT2D eigenvalue weighted by Gasteiger charge is 2.58. The quantitative estimate of drug-likeness (QED) is 0.821. The molecule has 4 aliphatic carbocycles. The zero-order chi connectivity index (χ0) is 20.2. The van der Waals surface area contributed by atoms with E-state index in [4.69, 9.17) is 0 Å². The molecule has 0 radical (unpaired) electrons. The number of hydrogen-bond donors (Lipinski definition) is 1. The van der Waals surface area contributed by atoms with E-state index >= 15 is 0 Å². The van der Waals surface area contributed by atoms with E-state index in [-0.39, 0.29) is 11.3 Å². The minimum atomic E-state index is -0.399. The van der Waals surface area contributed by atoms with E-state index in [1.165, 1.54) is 38.5 Å². The highest BCUT2D eigenvalue weighted by Crippen LogP contribution is 2.64. The molecule has 1 heterocycles. The first-order chi connectivity index (χ1) is 13.9. The average molecular weight is 400 g/mol. The first-order valence-electron chi connectivity index (χ1n) is 12.0. The van der Waals surface area contributed by atoms with Crippen LogP contribution in [-0.2, 0) is 11.3 Å². The minimum Gasteiger partial charge on any atom is -0.390 e. The van der Waals surface area contributed by atoms with E-state index in [0.717, 1.165) is 49.4 Å². The fourth-order valence-electron chi connectivity index (χ4n) is 8.40. The van der Waals surface area contributed by atoms with Crippen LogP contribution in [0.5, 0.6) is 0 Å². The molecule has 5 heteroatoms. The molecule has 160 valence electrons. The molecule has 0 spiro atoms. The van der Waals surface area contributed by atoms with Crippen molar-refractivity contribution in [1.29, 1.82) is 0 Å². The molecule has 5 rings (SSSR count). The number of hydrogen-bond acceptors (Lipinski definition) is 4. The number of carbonyl (C=O) groups is 1. The minimum absolute atomic E-state index is 0.171. The second-order valence-electron chi connectivity index (χ2n) is 11.0. The van der Waals surface area contributed by atoms with Crippen molar-refractivity contribution in [3.05, 3.63) is 12.4 Å². The first-order valence-corrected chi connectivity index (χ1v) is 12.0. The summed E-state index contributed by atoms with van der Waals surface area (Å²) in [7, 11) is 0. The summed E-state index contributed by atoms with van der Waals surface area (Å²) in [4.78, 5) is 13.1. The third-order valence-corrected chi connectivity index (χ3v) is 9.94. The Bertz CT molecular complexity index is 749. The van der Waals surface area contributed by atoms with Gasteiger partial charge < -0.3 is 5.11 Å². The molecule has 0 amide bonds. The Morgan fingerprint density at radius 3 is 2.69 bits per heavy atom. The van der Waals surface area contributed by atoms with E-state index < -0.39 is 5.60 Å². The molecule has 4 saturated carbocycles. The molecule has 0 aromatic carbocycles. The SMILES string of the molecule is CC[C@@]1(O)CC[C@@H]2C3CC[C@@]4(C)C(CC[C@@H]4C(=O)Cn4ccnn4)C3CC[C@@H]2C1. The van der Waals surface area contributed by atoms with E-state index in [1.54, 1.807) is 17.1 Å². The monoisotopic (exact) mass is 399 g/mol. The maximum atomic E-state index is 13.1. The van der Waals surface area contributed by atoms with E-state index in [9.17, 15) is 9.90 Å². The molecule has 1 aromatic heterocycles. The fourth-order valence-corrected chi connectivity index (χ4v) is 8.40. The maximum absolute atomic E-state index is 13.1. The molecule has 0 aliphatic heterocycles. The predicted molar refractivity (Wildman–Crippen MR) is 111 cm³/mol. The summed E-state index contributed by atoms with van der Waals surface area (Å²) in [6.07, 6.45) is 15.0. The van der Waals surface area contributed by atoms with Crippen molar-refractivity contribution in [2.45, 2.75) is 90.2 Å². The molecule has 4 fully saturated rings. The van der Waals surface area contributed by atoms with Crippen LogP contribution in [0.4, 0.5) is 0 Å². The number of Topliss-reactive ketones (excluding diaryl/α,β-unsaturated/α-hetero) is 1. The van der Waals surface area contributed by atoms with Gasteiger partial charge in [0.2, 0.25) is 0 Å². The van der Waals surface area contributed by atoms with Crippen LogP contribution in [0.3, 0.4) is 0 Å². The van der Waals surface area contributed by atoms with Gasteiger partial charge in [-0.3, -0.25) is 4.79 Å². The van der Waals surface area contributed by atoms with Crippen LogP contribution >= 0.6 is 0 Å². The number of aromatic nitrogens is 3. The number of rotatable bonds is 4. The second-order valence-corrected chi connectivity index (χ2v) is 11.0. The highest BCUT2D eigenvalue weighted by atomic mass is 16.3. The van der Waals surface area contributed by atoms with Crippen molar-refractivity contribution in [1.82, 2.24) is 15.0 Å². The van der Waals surface area contributed by atoms with E-state index in [2.05, 4.69) is 24.2 Å². The Hall–Kier alpha value is -1.23. The van der Waals surface area contributed by atoms with Gasteiger partial charge in [-0.2, -0.15) is 0 Å². The Balaban J connectivity index is 1.31. The lowest BCUT2D eigenvalue weighted by atomic mass is 9.48. The molecule has 5 nitrogen and oxygen atoms in total. The lowest BCUT2D eigenvalue weighted by Gasteiger charge is -2.57. The third-order valence-electron chi connectivity index (χ3n) is 9.94. The van der Waals surface area contributed by atoms with Crippen molar-refractivity contribution in [2.24, 2.45) is 40.9 Å². The highest BCUT2D eigenvalue weighted by molar-refractivity contribution is 5.82. The summed E-state index contributed by atoms with van der Waals surface area (Å²) in [6, 6.07) is 0. The molecule has 0 saturated heterocycles. The van der Waals surface area contributed by atoms with Crippen LogP contribution in [0.15, 0.2) is 12.4 Å². The standard InChI is InChI=1S/C24H37N3O2/c1-3-24(29)11-9-17-16(14-24)4-5-19-18(17)8-10-23(2)20(19)6-7-21(23)22(28)15-27-13-12-25-26-27/h12-13,16-21,29H,3-11,14-15H2,1-2H3/t16-,17+,18?,19?,20?,21-,23+,24-/m1/s1. The molecule has 4 aliphatic rings. The van der Waals surface area contributed by atoms with Gasteiger partial charge in [-0.25, -0.2) is 4.68 Å².